The van der Waals surface area contributed by atoms with E-state index in [1.54, 1.807) is 17.8 Å². The molecule has 0 bridgehead atoms. The van der Waals surface area contributed by atoms with E-state index in [-0.39, 0.29) is 41.4 Å². The zero-order valence-electron chi connectivity index (χ0n) is 18.9. The van der Waals surface area contributed by atoms with Crippen molar-refractivity contribution in [3.8, 4) is 6.07 Å². The van der Waals surface area contributed by atoms with Crippen molar-refractivity contribution in [2.45, 2.75) is 83.3 Å². The van der Waals surface area contributed by atoms with Crippen molar-refractivity contribution in [3.05, 3.63) is 18.0 Å². The predicted molar refractivity (Wildman–Crippen MR) is 114 cm³/mol. The molecule has 4 fully saturated rings. The average molecular weight is 446 g/mol. The van der Waals surface area contributed by atoms with Crippen LogP contribution in [0.5, 0.6) is 0 Å². The molecular formula is C25H33F2N3O2. The van der Waals surface area contributed by atoms with Crippen molar-refractivity contribution in [1.82, 2.24) is 9.78 Å². The summed E-state index contributed by atoms with van der Waals surface area (Å²) in [7, 11) is 0. The van der Waals surface area contributed by atoms with Gasteiger partial charge in [0.2, 0.25) is 0 Å². The Hall–Kier alpha value is -1.81. The van der Waals surface area contributed by atoms with E-state index in [9.17, 15) is 9.90 Å². The molecule has 1 aromatic heterocycles. The van der Waals surface area contributed by atoms with Crippen molar-refractivity contribution in [3.63, 3.8) is 0 Å². The average Bonchev–Trinajstić information content (AvgIpc) is 3.29. The topological polar surface area (TPSA) is 78.9 Å². The fourth-order valence-corrected chi connectivity index (χ4v) is 8.57. The Morgan fingerprint density at radius 1 is 1.25 bits per heavy atom. The van der Waals surface area contributed by atoms with E-state index in [0.717, 1.165) is 38.5 Å². The van der Waals surface area contributed by atoms with Crippen molar-refractivity contribution in [2.24, 2.45) is 40.9 Å². The molecule has 4 aliphatic rings. The van der Waals surface area contributed by atoms with Gasteiger partial charge in [-0.1, -0.05) is 6.92 Å². The number of Topliss-reactive ketones (excluding diaryl/α,β-unsaturated/α-hetero) is 1. The molecule has 174 valence electrons. The lowest BCUT2D eigenvalue weighted by molar-refractivity contribution is -0.220. The van der Waals surface area contributed by atoms with E-state index in [1.165, 1.54) is 6.20 Å². The molecule has 5 nitrogen and oxygen atoms in total. The maximum absolute atomic E-state index is 15.3. The molecule has 1 heterocycles. The van der Waals surface area contributed by atoms with Gasteiger partial charge in [-0.05, 0) is 81.0 Å². The number of carbonyl (C=O) groups excluding carboxylic acids is 1. The summed E-state index contributed by atoms with van der Waals surface area (Å²) in [5.74, 6) is -2.94. The van der Waals surface area contributed by atoms with Gasteiger partial charge in [-0.3, -0.25) is 9.48 Å². The molecule has 32 heavy (non-hydrogen) atoms. The van der Waals surface area contributed by atoms with Crippen LogP contribution < -0.4 is 0 Å². The summed E-state index contributed by atoms with van der Waals surface area (Å²) in [5.41, 5.74) is -0.979. The van der Waals surface area contributed by atoms with Crippen LogP contribution in [0.1, 0.15) is 70.8 Å². The number of halogens is 2. The maximum atomic E-state index is 15.3. The second-order valence-corrected chi connectivity index (χ2v) is 11.6. The zero-order valence-corrected chi connectivity index (χ0v) is 18.9. The van der Waals surface area contributed by atoms with Crippen LogP contribution in [0.2, 0.25) is 0 Å². The highest BCUT2D eigenvalue weighted by Gasteiger charge is 2.64. The first-order chi connectivity index (χ1) is 15.0. The molecule has 1 N–H and O–H groups in total. The van der Waals surface area contributed by atoms with Crippen molar-refractivity contribution in [2.75, 3.05) is 0 Å². The molecule has 0 aromatic carbocycles. The standard InChI is InChI=1S/C25H33F2N3O2/c1-23(32)9-16-3-4-17-18(22(16)25(26,27)14-23)7-8-24(2)19(17)5-6-20(24)21(31)13-30-12-15(10-28)11-29-30/h11-12,16-20,22,32H,3-9,13-14H2,1-2H3/t16-,17-,18+,19+,20-,22+,23+,24+/m1/s1. The van der Waals surface area contributed by atoms with Crippen LogP contribution >= 0.6 is 0 Å². The summed E-state index contributed by atoms with van der Waals surface area (Å²) >= 11 is 0. The normalized spacial score (nSPS) is 44.8. The lowest BCUT2D eigenvalue weighted by atomic mass is 9.48. The Balaban J connectivity index is 1.35. The molecule has 0 spiro atoms. The number of hydrogen-bond acceptors (Lipinski definition) is 4. The molecule has 7 heteroatoms. The SMILES string of the molecule is C[C@]1(O)C[C@H]2CC[C@@H]3[C@H](CC[C@]4(C)[C@@H](C(=O)Cn5cc(C#N)cn5)CC[C@@H]34)[C@H]2C(F)(F)C1. The van der Waals surface area contributed by atoms with Gasteiger partial charge in [0.25, 0.3) is 5.92 Å². The van der Waals surface area contributed by atoms with Crippen molar-refractivity contribution >= 4 is 5.78 Å². The lowest BCUT2D eigenvalue weighted by Gasteiger charge is -2.58. The quantitative estimate of drug-likeness (QED) is 0.738. The van der Waals surface area contributed by atoms with E-state index in [4.69, 9.17) is 5.26 Å². The van der Waals surface area contributed by atoms with E-state index < -0.39 is 23.9 Å². The van der Waals surface area contributed by atoms with Crippen LogP contribution in [-0.4, -0.2) is 32.2 Å². The smallest absolute Gasteiger partial charge is 0.254 e. The molecule has 4 saturated carbocycles. The third kappa shape index (κ3) is 3.41. The van der Waals surface area contributed by atoms with Crippen LogP contribution in [0.4, 0.5) is 8.78 Å². The predicted octanol–water partition coefficient (Wildman–Crippen LogP) is 4.59. The van der Waals surface area contributed by atoms with Crippen LogP contribution in [0.15, 0.2) is 12.4 Å². The molecule has 0 saturated heterocycles. The highest BCUT2D eigenvalue weighted by Crippen LogP contribution is 2.66. The summed E-state index contributed by atoms with van der Waals surface area (Å²) in [6.07, 6.45) is 8.12. The number of nitrogens with zero attached hydrogens (tertiary/aromatic N) is 3. The van der Waals surface area contributed by atoms with Gasteiger partial charge in [-0.15, -0.1) is 0 Å². The van der Waals surface area contributed by atoms with Crippen molar-refractivity contribution < 1.29 is 18.7 Å². The Labute approximate surface area is 188 Å². The number of rotatable bonds is 3. The number of aromatic nitrogens is 2. The van der Waals surface area contributed by atoms with E-state index in [2.05, 4.69) is 12.0 Å². The number of hydrogen-bond donors (Lipinski definition) is 1. The molecular weight excluding hydrogens is 412 g/mol. The Kier molecular flexibility index (Phi) is 5.05. The third-order valence-corrected chi connectivity index (χ3v) is 9.61. The zero-order chi connectivity index (χ0) is 22.9. The van der Waals surface area contributed by atoms with E-state index in [1.807, 2.05) is 6.07 Å². The van der Waals surface area contributed by atoms with Gasteiger partial charge in [0.1, 0.15) is 6.07 Å². The number of ketones is 1. The number of carbonyl (C=O) groups is 1. The molecule has 0 radical (unpaired) electrons. The molecule has 5 rings (SSSR count). The van der Waals surface area contributed by atoms with E-state index in [0.29, 0.717) is 17.9 Å². The summed E-state index contributed by atoms with van der Waals surface area (Å²) in [5, 5.41) is 23.6. The Bertz CT molecular complexity index is 951. The molecule has 0 unspecified atom stereocenters. The fraction of sp³-hybridized carbons (Fsp3) is 0.800. The van der Waals surface area contributed by atoms with Crippen LogP contribution in [0, 0.1) is 52.3 Å². The van der Waals surface area contributed by atoms with Gasteiger partial charge in [-0.2, -0.15) is 10.4 Å². The van der Waals surface area contributed by atoms with Gasteiger partial charge in [0, 0.05) is 24.5 Å². The Morgan fingerprint density at radius 3 is 2.75 bits per heavy atom. The summed E-state index contributed by atoms with van der Waals surface area (Å²) in [4.78, 5) is 13.2. The molecule has 8 atom stereocenters. The van der Waals surface area contributed by atoms with Crippen LogP contribution in [0.3, 0.4) is 0 Å². The minimum atomic E-state index is -2.82. The van der Waals surface area contributed by atoms with Crippen molar-refractivity contribution in [1.29, 1.82) is 5.26 Å². The largest absolute Gasteiger partial charge is 0.390 e. The van der Waals surface area contributed by atoms with E-state index >= 15 is 8.78 Å². The minimum absolute atomic E-state index is 0.00363. The highest BCUT2D eigenvalue weighted by molar-refractivity contribution is 5.82. The highest BCUT2D eigenvalue weighted by atomic mass is 19.3. The molecule has 0 aliphatic heterocycles. The molecule has 0 amide bonds. The van der Waals surface area contributed by atoms with Crippen LogP contribution in [0.25, 0.3) is 0 Å². The summed E-state index contributed by atoms with van der Waals surface area (Å²) in [6, 6.07) is 2.04. The van der Waals surface area contributed by atoms with Crippen LogP contribution in [-0.2, 0) is 11.3 Å². The lowest BCUT2D eigenvalue weighted by Crippen LogP contribution is -2.58. The Morgan fingerprint density at radius 2 is 2.03 bits per heavy atom. The summed E-state index contributed by atoms with van der Waals surface area (Å²) in [6.45, 7) is 3.94. The number of alkyl halides is 2. The number of aliphatic hydroxyl groups is 1. The molecule has 1 aromatic rings. The summed E-state index contributed by atoms with van der Waals surface area (Å²) < 4.78 is 32.1. The number of nitriles is 1. The second-order valence-electron chi connectivity index (χ2n) is 11.6. The molecule has 4 aliphatic carbocycles. The minimum Gasteiger partial charge on any atom is -0.390 e. The third-order valence-electron chi connectivity index (χ3n) is 9.61. The maximum Gasteiger partial charge on any atom is 0.254 e. The first kappa shape index (κ1) is 22.0. The van der Waals surface area contributed by atoms with Gasteiger partial charge < -0.3 is 5.11 Å². The first-order valence-electron chi connectivity index (χ1n) is 12.1. The fourth-order valence-electron chi connectivity index (χ4n) is 8.57. The second kappa shape index (κ2) is 7.35. The van der Waals surface area contributed by atoms with Gasteiger partial charge in [-0.25, -0.2) is 8.78 Å². The first-order valence-corrected chi connectivity index (χ1v) is 12.1. The van der Waals surface area contributed by atoms with Gasteiger partial charge in [0.05, 0.1) is 23.9 Å². The monoisotopic (exact) mass is 445 g/mol. The van der Waals surface area contributed by atoms with Gasteiger partial charge >= 0.3 is 0 Å². The number of fused-ring (bicyclic) bond motifs is 5. The van der Waals surface area contributed by atoms with Gasteiger partial charge in [0.15, 0.2) is 5.78 Å².